The molecule has 4 N–H and O–H groups in total. The van der Waals surface area contributed by atoms with E-state index in [1.807, 2.05) is 13.8 Å². The Morgan fingerprint density at radius 1 is 1.22 bits per heavy atom. The average molecular weight is 371 g/mol. The number of esters is 1. The summed E-state index contributed by atoms with van der Waals surface area (Å²) in [5.41, 5.74) is -0.416. The van der Waals surface area contributed by atoms with Gasteiger partial charge in [-0.05, 0) is 17.4 Å². The Balaban J connectivity index is 2.04. The third-order valence-corrected chi connectivity index (χ3v) is 4.80. The van der Waals surface area contributed by atoms with Crippen molar-refractivity contribution < 1.29 is 34.7 Å². The lowest BCUT2D eigenvalue weighted by Gasteiger charge is -2.39. The number of carbonyl (C=O) groups excluding carboxylic acids is 1. The fourth-order valence-corrected chi connectivity index (χ4v) is 3.20. The van der Waals surface area contributed by atoms with Gasteiger partial charge in [0.15, 0.2) is 0 Å². The van der Waals surface area contributed by atoms with Gasteiger partial charge in [-0.2, -0.15) is 0 Å². The van der Waals surface area contributed by atoms with Crippen LogP contribution in [0.4, 0.5) is 0 Å². The molecule has 1 aliphatic heterocycles. The Morgan fingerprint density at radius 3 is 2.35 bits per heavy atom. The number of aliphatic hydroxyl groups excluding tert-OH is 4. The third-order valence-electron chi connectivity index (χ3n) is 4.55. The van der Waals surface area contributed by atoms with E-state index in [0.717, 1.165) is 0 Å². The van der Waals surface area contributed by atoms with Crippen molar-refractivity contribution in [3.63, 3.8) is 0 Å². The molecule has 0 aromatic rings. The van der Waals surface area contributed by atoms with Crippen molar-refractivity contribution in [3.8, 4) is 0 Å². The molecule has 132 valence electrons. The fourth-order valence-electron chi connectivity index (χ4n) is 2.93. The predicted octanol–water partition coefficient (Wildman–Crippen LogP) is -0.0793. The van der Waals surface area contributed by atoms with Crippen molar-refractivity contribution in [1.82, 2.24) is 0 Å². The zero-order valence-corrected chi connectivity index (χ0v) is 14.1. The standard InChI is InChI=1S/C14H20Cl2O7/c1-14(2)5(3-7(15)16)8(14)12(21)23-13-11(20)10(19)9(18)6(4-17)22-13/h3,5-6,8-11,13,17-20H,4H2,1-2H3/t5?,6-,8?,9-,10+,11-,13+/m1/s1. The van der Waals surface area contributed by atoms with Crippen LogP contribution in [-0.2, 0) is 14.3 Å². The van der Waals surface area contributed by atoms with E-state index in [-0.39, 0.29) is 10.4 Å². The molecule has 7 atom stereocenters. The van der Waals surface area contributed by atoms with Crippen LogP contribution in [0, 0.1) is 17.3 Å². The lowest BCUT2D eigenvalue weighted by molar-refractivity contribution is -0.293. The summed E-state index contributed by atoms with van der Waals surface area (Å²) in [5.74, 6) is -1.39. The first kappa shape index (κ1) is 18.9. The van der Waals surface area contributed by atoms with Crippen LogP contribution >= 0.6 is 23.2 Å². The Hall–Kier alpha value is -0.410. The molecule has 0 aromatic heterocycles. The molecule has 1 saturated carbocycles. The van der Waals surface area contributed by atoms with E-state index in [9.17, 15) is 20.1 Å². The lowest BCUT2D eigenvalue weighted by atomic mass is 9.99. The number of rotatable bonds is 4. The first-order valence-electron chi connectivity index (χ1n) is 7.15. The van der Waals surface area contributed by atoms with Crippen LogP contribution < -0.4 is 0 Å². The second-order valence-electron chi connectivity index (χ2n) is 6.42. The third kappa shape index (κ3) is 3.66. The van der Waals surface area contributed by atoms with E-state index in [4.69, 9.17) is 37.8 Å². The number of halogens is 2. The van der Waals surface area contributed by atoms with E-state index in [0.29, 0.717) is 0 Å². The van der Waals surface area contributed by atoms with Crippen molar-refractivity contribution in [3.05, 3.63) is 10.6 Å². The molecule has 1 heterocycles. The highest BCUT2D eigenvalue weighted by atomic mass is 35.5. The van der Waals surface area contributed by atoms with Crippen molar-refractivity contribution >= 4 is 29.2 Å². The molecule has 0 aromatic carbocycles. The van der Waals surface area contributed by atoms with Crippen LogP contribution in [0.2, 0.25) is 0 Å². The smallest absolute Gasteiger partial charge is 0.312 e. The molecule has 0 bridgehead atoms. The monoisotopic (exact) mass is 370 g/mol. The first-order valence-corrected chi connectivity index (χ1v) is 7.90. The van der Waals surface area contributed by atoms with Gasteiger partial charge < -0.3 is 29.9 Å². The molecular weight excluding hydrogens is 351 g/mol. The Bertz CT molecular complexity index is 490. The zero-order valence-electron chi connectivity index (χ0n) is 12.6. The summed E-state index contributed by atoms with van der Waals surface area (Å²) in [4.78, 5) is 12.3. The molecule has 0 spiro atoms. The van der Waals surface area contributed by atoms with Crippen LogP contribution in [0.1, 0.15) is 13.8 Å². The first-order chi connectivity index (χ1) is 10.6. The maximum Gasteiger partial charge on any atom is 0.312 e. The number of allylic oxidation sites excluding steroid dienone is 1. The van der Waals surface area contributed by atoms with Crippen molar-refractivity contribution in [2.75, 3.05) is 6.61 Å². The van der Waals surface area contributed by atoms with E-state index in [1.165, 1.54) is 0 Å². The van der Waals surface area contributed by atoms with Crippen LogP contribution in [0.5, 0.6) is 0 Å². The van der Waals surface area contributed by atoms with Gasteiger partial charge >= 0.3 is 5.97 Å². The summed E-state index contributed by atoms with van der Waals surface area (Å²) in [6.45, 7) is 3.08. The Kier molecular flexibility index (Phi) is 5.62. The largest absolute Gasteiger partial charge is 0.432 e. The number of hydrogen-bond acceptors (Lipinski definition) is 7. The predicted molar refractivity (Wildman–Crippen MR) is 80.4 cm³/mol. The summed E-state index contributed by atoms with van der Waals surface area (Å²) >= 11 is 11.2. The quantitative estimate of drug-likeness (QED) is 0.511. The zero-order chi connectivity index (χ0) is 17.5. The van der Waals surface area contributed by atoms with Crippen molar-refractivity contribution in [1.29, 1.82) is 0 Å². The molecule has 2 fully saturated rings. The van der Waals surface area contributed by atoms with Gasteiger partial charge in [0.25, 0.3) is 0 Å². The minimum Gasteiger partial charge on any atom is -0.432 e. The van der Waals surface area contributed by atoms with Gasteiger partial charge in [-0.15, -0.1) is 0 Å². The van der Waals surface area contributed by atoms with Crippen molar-refractivity contribution in [2.24, 2.45) is 17.3 Å². The van der Waals surface area contributed by atoms with E-state index in [2.05, 4.69) is 0 Å². The Morgan fingerprint density at radius 2 is 1.83 bits per heavy atom. The molecule has 23 heavy (non-hydrogen) atoms. The van der Waals surface area contributed by atoms with E-state index >= 15 is 0 Å². The van der Waals surface area contributed by atoms with Crippen LogP contribution in [0.25, 0.3) is 0 Å². The molecule has 2 unspecified atom stereocenters. The van der Waals surface area contributed by atoms with E-state index < -0.39 is 54.6 Å². The van der Waals surface area contributed by atoms with Gasteiger partial charge in [-0.25, -0.2) is 0 Å². The summed E-state index contributed by atoms with van der Waals surface area (Å²) in [5, 5.41) is 38.3. The van der Waals surface area contributed by atoms with Gasteiger partial charge in [-0.3, -0.25) is 4.79 Å². The fraction of sp³-hybridized carbons (Fsp3) is 0.786. The molecule has 0 amide bonds. The highest BCUT2D eigenvalue weighted by Gasteiger charge is 2.62. The second kappa shape index (κ2) is 6.84. The van der Waals surface area contributed by atoms with E-state index in [1.54, 1.807) is 6.08 Å². The topological polar surface area (TPSA) is 116 Å². The van der Waals surface area contributed by atoms with Gasteiger partial charge in [0, 0.05) is 0 Å². The lowest BCUT2D eigenvalue weighted by Crippen LogP contribution is -2.59. The van der Waals surface area contributed by atoms with Gasteiger partial charge in [0.1, 0.15) is 28.9 Å². The number of aliphatic hydroxyl groups is 4. The SMILES string of the molecule is CC1(C)C(C=C(Cl)Cl)C1C(=O)O[C@@H]1O[C@H](CO)[C@@H](O)[C@H](O)[C@H]1O. The Labute approximate surface area is 143 Å². The molecular formula is C14H20Cl2O7. The number of ether oxygens (including phenoxy) is 2. The highest BCUT2D eigenvalue weighted by molar-refractivity contribution is 6.55. The normalized spacial score (nSPS) is 42.0. The summed E-state index contributed by atoms with van der Waals surface area (Å²) in [6.07, 6.45) is -5.80. The van der Waals surface area contributed by atoms with Crippen LogP contribution in [-0.4, -0.2) is 63.7 Å². The summed E-state index contributed by atoms with van der Waals surface area (Å²) < 4.78 is 10.3. The molecule has 2 rings (SSSR count). The maximum absolute atomic E-state index is 12.3. The summed E-state index contributed by atoms with van der Waals surface area (Å²) in [6, 6.07) is 0. The van der Waals surface area contributed by atoms with Gasteiger partial charge in [0.05, 0.1) is 12.5 Å². The van der Waals surface area contributed by atoms with Crippen LogP contribution in [0.3, 0.4) is 0 Å². The minimum atomic E-state index is -1.62. The van der Waals surface area contributed by atoms with Gasteiger partial charge in [0.2, 0.25) is 6.29 Å². The average Bonchev–Trinajstić information content (AvgIpc) is 2.99. The van der Waals surface area contributed by atoms with Gasteiger partial charge in [-0.1, -0.05) is 37.0 Å². The maximum atomic E-state index is 12.3. The molecule has 9 heteroatoms. The van der Waals surface area contributed by atoms with Crippen molar-refractivity contribution in [2.45, 2.75) is 44.6 Å². The number of hydrogen-bond donors (Lipinski definition) is 4. The van der Waals surface area contributed by atoms with Crippen LogP contribution in [0.15, 0.2) is 10.6 Å². The second-order valence-corrected chi connectivity index (χ2v) is 7.42. The molecule has 1 aliphatic carbocycles. The number of carbonyl (C=O) groups is 1. The minimum absolute atomic E-state index is 0.0474. The molecule has 2 aliphatic rings. The highest BCUT2D eigenvalue weighted by Crippen LogP contribution is 2.60. The molecule has 7 nitrogen and oxygen atoms in total. The molecule has 1 saturated heterocycles. The molecule has 0 radical (unpaired) electrons. The summed E-state index contributed by atoms with van der Waals surface area (Å²) in [7, 11) is 0.